The average molecular weight is 368 g/mol. The Labute approximate surface area is 156 Å². The van der Waals surface area contributed by atoms with Crippen LogP contribution in [-0.2, 0) is 4.74 Å². The van der Waals surface area contributed by atoms with Gasteiger partial charge in [-0.05, 0) is 24.3 Å². The van der Waals surface area contributed by atoms with Crippen molar-refractivity contribution in [3.63, 3.8) is 0 Å². The first-order valence-corrected chi connectivity index (χ1v) is 8.88. The molecule has 1 saturated heterocycles. The van der Waals surface area contributed by atoms with Crippen molar-refractivity contribution in [3.05, 3.63) is 76.0 Å². The molecule has 0 bridgehead atoms. The van der Waals surface area contributed by atoms with Gasteiger partial charge in [0.25, 0.3) is 5.69 Å². The molecule has 0 aromatic heterocycles. The Hall–Kier alpha value is -2.90. The van der Waals surface area contributed by atoms with Crippen molar-refractivity contribution >= 4 is 5.69 Å². The van der Waals surface area contributed by atoms with Crippen LogP contribution in [0.5, 0.6) is 11.5 Å². The van der Waals surface area contributed by atoms with Gasteiger partial charge in [0.2, 0.25) is 0 Å². The van der Waals surface area contributed by atoms with Crippen molar-refractivity contribution in [2.75, 3.05) is 32.9 Å². The van der Waals surface area contributed by atoms with E-state index in [9.17, 15) is 10.1 Å². The second kappa shape index (κ2) is 7.77. The van der Waals surface area contributed by atoms with Gasteiger partial charge in [-0.1, -0.05) is 18.2 Å². The van der Waals surface area contributed by atoms with Gasteiger partial charge >= 0.3 is 0 Å². The molecule has 0 unspecified atom stereocenters. The summed E-state index contributed by atoms with van der Waals surface area (Å²) in [6.07, 6.45) is 1.90. The number of para-hydroxylation sites is 1. The fourth-order valence-corrected chi connectivity index (χ4v) is 3.39. The van der Waals surface area contributed by atoms with E-state index in [-0.39, 0.29) is 16.7 Å². The quantitative estimate of drug-likeness (QED) is 0.595. The number of morpholine rings is 1. The lowest BCUT2D eigenvalue weighted by Gasteiger charge is -2.32. The summed E-state index contributed by atoms with van der Waals surface area (Å²) in [5.41, 5.74) is 0.884. The monoisotopic (exact) mass is 368 g/mol. The van der Waals surface area contributed by atoms with Crippen molar-refractivity contribution < 1.29 is 19.1 Å². The number of hydrogen-bond acceptors (Lipinski definition) is 6. The van der Waals surface area contributed by atoms with Crippen LogP contribution >= 0.6 is 0 Å². The average Bonchev–Trinajstić information content (AvgIpc) is 3.07. The van der Waals surface area contributed by atoms with Gasteiger partial charge in [0.05, 0.1) is 24.2 Å². The third kappa shape index (κ3) is 3.79. The first kappa shape index (κ1) is 17.5. The molecule has 0 saturated carbocycles. The van der Waals surface area contributed by atoms with Crippen LogP contribution < -0.4 is 9.47 Å². The summed E-state index contributed by atoms with van der Waals surface area (Å²) in [5.74, 6) is 2.18. The van der Waals surface area contributed by atoms with E-state index in [1.807, 2.05) is 36.4 Å². The number of rotatable bonds is 5. The first-order chi connectivity index (χ1) is 13.2. The fraction of sp³-hybridized carbons (Fsp3) is 0.300. The van der Waals surface area contributed by atoms with Gasteiger partial charge in [-0.2, -0.15) is 0 Å². The number of fused-ring (bicyclic) bond motifs is 1. The zero-order valence-corrected chi connectivity index (χ0v) is 14.7. The number of nitro groups is 1. The Kier molecular flexibility index (Phi) is 5.04. The van der Waals surface area contributed by atoms with Gasteiger partial charge in [0.15, 0.2) is 0 Å². The van der Waals surface area contributed by atoms with Crippen LogP contribution in [0, 0.1) is 10.1 Å². The van der Waals surface area contributed by atoms with E-state index in [0.717, 1.165) is 30.2 Å². The minimum atomic E-state index is -0.378. The van der Waals surface area contributed by atoms with Crippen molar-refractivity contribution in [2.24, 2.45) is 0 Å². The Morgan fingerprint density at radius 2 is 1.96 bits per heavy atom. The predicted octanol–water partition coefficient (Wildman–Crippen LogP) is 3.32. The normalized spacial score (nSPS) is 20.9. The lowest BCUT2D eigenvalue weighted by molar-refractivity contribution is -0.384. The molecule has 1 atom stereocenters. The molecule has 0 spiro atoms. The molecular formula is C20H20N2O5. The van der Waals surface area contributed by atoms with Gasteiger partial charge in [-0.25, -0.2) is 0 Å². The molecule has 2 aromatic rings. The number of non-ortho nitro benzene ring substituents is 1. The van der Waals surface area contributed by atoms with E-state index < -0.39 is 0 Å². The Bertz CT molecular complexity index is 847. The highest BCUT2D eigenvalue weighted by molar-refractivity contribution is 5.51. The zero-order valence-electron chi connectivity index (χ0n) is 14.7. The van der Waals surface area contributed by atoms with E-state index in [1.54, 1.807) is 12.1 Å². The highest BCUT2D eigenvalue weighted by Gasteiger charge is 2.36. The van der Waals surface area contributed by atoms with Gasteiger partial charge in [-0.15, -0.1) is 0 Å². The van der Waals surface area contributed by atoms with Gasteiger partial charge < -0.3 is 14.2 Å². The van der Waals surface area contributed by atoms with E-state index in [0.29, 0.717) is 25.6 Å². The minimum absolute atomic E-state index is 0.0670. The van der Waals surface area contributed by atoms with Crippen LogP contribution in [0.25, 0.3) is 0 Å². The molecule has 2 heterocycles. The topological polar surface area (TPSA) is 74.1 Å². The van der Waals surface area contributed by atoms with Crippen LogP contribution in [0.15, 0.2) is 60.4 Å². The largest absolute Gasteiger partial charge is 0.489 e. The van der Waals surface area contributed by atoms with Crippen LogP contribution in [0.2, 0.25) is 0 Å². The molecule has 0 aliphatic carbocycles. The molecule has 7 heteroatoms. The summed E-state index contributed by atoms with van der Waals surface area (Å²) in [6.45, 7) is 3.11. The Morgan fingerprint density at radius 1 is 1.19 bits per heavy atom. The number of benzene rings is 2. The van der Waals surface area contributed by atoms with E-state index >= 15 is 0 Å². The third-order valence-corrected chi connectivity index (χ3v) is 4.68. The van der Waals surface area contributed by atoms with Crippen LogP contribution in [0.3, 0.4) is 0 Å². The maximum atomic E-state index is 11.2. The molecule has 7 nitrogen and oxygen atoms in total. The molecule has 0 radical (unpaired) electrons. The Morgan fingerprint density at radius 3 is 2.70 bits per heavy atom. The lowest BCUT2D eigenvalue weighted by atomic mass is 10.0. The van der Waals surface area contributed by atoms with Crippen LogP contribution in [0.1, 0.15) is 11.6 Å². The highest BCUT2D eigenvalue weighted by atomic mass is 16.6. The van der Waals surface area contributed by atoms with E-state index in [2.05, 4.69) is 4.90 Å². The van der Waals surface area contributed by atoms with Gasteiger partial charge in [-0.3, -0.25) is 15.0 Å². The zero-order chi connectivity index (χ0) is 18.6. The molecule has 2 aliphatic rings. The molecule has 1 fully saturated rings. The van der Waals surface area contributed by atoms with Crippen molar-refractivity contribution in [3.8, 4) is 11.5 Å². The highest BCUT2D eigenvalue weighted by Crippen LogP contribution is 2.44. The summed E-state index contributed by atoms with van der Waals surface area (Å²) in [5, 5.41) is 11.2. The minimum Gasteiger partial charge on any atom is -0.489 e. The number of hydrogen-bond donors (Lipinski definition) is 0. The van der Waals surface area contributed by atoms with Crippen LogP contribution in [0.4, 0.5) is 5.69 Å². The molecular weight excluding hydrogens is 348 g/mol. The number of ether oxygens (including phenoxy) is 3. The van der Waals surface area contributed by atoms with E-state index in [1.165, 1.54) is 6.07 Å². The van der Waals surface area contributed by atoms with Crippen LogP contribution in [-0.4, -0.2) is 42.7 Å². The second-order valence-corrected chi connectivity index (χ2v) is 6.36. The summed E-state index contributed by atoms with van der Waals surface area (Å²) in [7, 11) is 0. The third-order valence-electron chi connectivity index (χ3n) is 4.68. The van der Waals surface area contributed by atoms with Crippen molar-refractivity contribution in [2.45, 2.75) is 6.04 Å². The fourth-order valence-electron chi connectivity index (χ4n) is 3.39. The second-order valence-electron chi connectivity index (χ2n) is 6.36. The molecule has 2 aromatic carbocycles. The van der Waals surface area contributed by atoms with E-state index in [4.69, 9.17) is 14.2 Å². The van der Waals surface area contributed by atoms with Gasteiger partial charge in [0, 0.05) is 30.8 Å². The van der Waals surface area contributed by atoms with Crippen molar-refractivity contribution in [1.82, 2.24) is 4.90 Å². The summed E-state index contributed by atoms with van der Waals surface area (Å²) >= 11 is 0. The molecule has 140 valence electrons. The summed E-state index contributed by atoms with van der Waals surface area (Å²) < 4.78 is 17.2. The Balaban J connectivity index is 1.59. The molecule has 2 aliphatic heterocycles. The summed E-state index contributed by atoms with van der Waals surface area (Å²) in [4.78, 5) is 13.0. The lowest BCUT2D eigenvalue weighted by Crippen LogP contribution is -2.39. The smallest absolute Gasteiger partial charge is 0.270 e. The maximum Gasteiger partial charge on any atom is 0.270 e. The maximum absolute atomic E-state index is 11.2. The number of nitro benzene ring substituents is 1. The first-order valence-electron chi connectivity index (χ1n) is 8.88. The molecule has 0 N–H and O–H groups in total. The molecule has 0 amide bonds. The molecule has 27 heavy (non-hydrogen) atoms. The van der Waals surface area contributed by atoms with Gasteiger partial charge in [0.1, 0.15) is 23.9 Å². The SMILES string of the molecule is O=[N+]([O-])c1ccc2c(c1)[C@@H](N1CCOCC1)/C(=C/COc1ccccc1)O2. The number of nitrogens with zero attached hydrogens (tertiary/aromatic N) is 2. The van der Waals surface area contributed by atoms with Crippen molar-refractivity contribution in [1.29, 1.82) is 0 Å². The molecule has 4 rings (SSSR count). The predicted molar refractivity (Wildman–Crippen MR) is 98.9 cm³/mol. The standard InChI is InChI=1S/C20H20N2O5/c23-22(24)15-6-7-18-17(14-15)20(21-9-12-25-13-10-21)19(27-18)8-11-26-16-4-2-1-3-5-16/h1-8,14,20H,9-13H2/b19-8-/t20-/m1/s1. The summed E-state index contributed by atoms with van der Waals surface area (Å²) in [6, 6.07) is 14.1.